The van der Waals surface area contributed by atoms with E-state index in [-0.39, 0.29) is 11.8 Å². The van der Waals surface area contributed by atoms with E-state index >= 15 is 0 Å². The van der Waals surface area contributed by atoms with Gasteiger partial charge in [-0.05, 0) is 6.92 Å². The Kier molecular flexibility index (Phi) is 5.96. The lowest BCUT2D eigenvalue weighted by atomic mass is 10.1. The molecule has 0 saturated carbocycles. The summed E-state index contributed by atoms with van der Waals surface area (Å²) in [5.74, 6) is -10.2. The molecule has 0 aliphatic rings. The SMILES string of the molecule is COc1nc(N(Cc2c(F)c(F)cc(F)c2F)C(=O)CCl)nc(C)c1F. The maximum atomic E-state index is 13.9. The van der Waals surface area contributed by atoms with E-state index in [0.29, 0.717) is 4.90 Å². The number of alkyl halides is 1. The molecule has 1 aromatic heterocycles. The molecule has 2 rings (SSSR count). The van der Waals surface area contributed by atoms with Crippen molar-refractivity contribution >= 4 is 23.5 Å². The number of hydrogen-bond acceptors (Lipinski definition) is 4. The van der Waals surface area contributed by atoms with Crippen LogP contribution in [0.4, 0.5) is 27.9 Å². The minimum Gasteiger partial charge on any atom is -0.479 e. The Morgan fingerprint density at radius 2 is 1.69 bits per heavy atom. The molecule has 0 spiro atoms. The molecule has 0 saturated heterocycles. The van der Waals surface area contributed by atoms with Crippen molar-refractivity contribution in [2.45, 2.75) is 13.5 Å². The number of rotatable bonds is 5. The molecule has 26 heavy (non-hydrogen) atoms. The number of benzene rings is 1. The molecule has 1 amide bonds. The third-order valence-electron chi connectivity index (χ3n) is 3.34. The molecule has 11 heteroatoms. The molecule has 0 bridgehead atoms. The van der Waals surface area contributed by atoms with Crippen LogP contribution in [0.3, 0.4) is 0 Å². The Hall–Kier alpha value is -2.49. The van der Waals surface area contributed by atoms with Crippen molar-refractivity contribution < 1.29 is 31.5 Å². The maximum absolute atomic E-state index is 13.9. The van der Waals surface area contributed by atoms with Gasteiger partial charge in [-0.3, -0.25) is 9.69 Å². The zero-order valence-electron chi connectivity index (χ0n) is 13.4. The smallest absolute Gasteiger partial charge is 0.255 e. The van der Waals surface area contributed by atoms with Crippen molar-refractivity contribution in [3.63, 3.8) is 0 Å². The van der Waals surface area contributed by atoms with Gasteiger partial charge in [0.1, 0.15) is 5.88 Å². The van der Waals surface area contributed by atoms with Gasteiger partial charge in [-0.1, -0.05) is 0 Å². The zero-order valence-corrected chi connectivity index (χ0v) is 14.2. The molecule has 1 aromatic carbocycles. The summed E-state index contributed by atoms with van der Waals surface area (Å²) in [6.45, 7) is 0.252. The van der Waals surface area contributed by atoms with Crippen LogP contribution in [0.25, 0.3) is 0 Å². The molecule has 0 atom stereocenters. The van der Waals surface area contributed by atoms with Crippen LogP contribution < -0.4 is 9.64 Å². The van der Waals surface area contributed by atoms with Crippen molar-refractivity contribution in [1.82, 2.24) is 9.97 Å². The summed E-state index contributed by atoms with van der Waals surface area (Å²) in [5.41, 5.74) is -1.31. The predicted octanol–water partition coefficient (Wildman–Crippen LogP) is 3.26. The van der Waals surface area contributed by atoms with Gasteiger partial charge in [0.05, 0.1) is 19.3 Å². The van der Waals surface area contributed by atoms with E-state index < -0.39 is 64.8 Å². The highest BCUT2D eigenvalue weighted by atomic mass is 35.5. The first-order valence-corrected chi connectivity index (χ1v) is 7.51. The van der Waals surface area contributed by atoms with Crippen LogP contribution in [0.15, 0.2) is 6.07 Å². The second-order valence-electron chi connectivity index (χ2n) is 4.99. The number of ether oxygens (including phenoxy) is 1. The van der Waals surface area contributed by atoms with E-state index in [1.54, 1.807) is 0 Å². The van der Waals surface area contributed by atoms with Gasteiger partial charge >= 0.3 is 0 Å². The third kappa shape index (κ3) is 3.69. The zero-order chi connectivity index (χ0) is 19.6. The summed E-state index contributed by atoms with van der Waals surface area (Å²) in [6.07, 6.45) is 0. The van der Waals surface area contributed by atoms with E-state index in [0.717, 1.165) is 7.11 Å². The normalized spacial score (nSPS) is 10.8. The molecule has 1 heterocycles. The molecular formula is C15H11ClF5N3O2. The first-order chi connectivity index (χ1) is 12.2. The highest BCUT2D eigenvalue weighted by Gasteiger charge is 2.27. The third-order valence-corrected chi connectivity index (χ3v) is 3.57. The van der Waals surface area contributed by atoms with Gasteiger partial charge in [-0.15, -0.1) is 11.6 Å². The van der Waals surface area contributed by atoms with Gasteiger partial charge in [0, 0.05) is 11.6 Å². The van der Waals surface area contributed by atoms with Crippen molar-refractivity contribution in [2.24, 2.45) is 0 Å². The molecule has 0 unspecified atom stereocenters. The first-order valence-electron chi connectivity index (χ1n) is 6.97. The van der Waals surface area contributed by atoms with E-state index in [9.17, 15) is 26.7 Å². The average molecular weight is 396 g/mol. The molecule has 2 aromatic rings. The predicted molar refractivity (Wildman–Crippen MR) is 81.5 cm³/mol. The van der Waals surface area contributed by atoms with Crippen molar-refractivity contribution in [2.75, 3.05) is 17.9 Å². The molecule has 0 aliphatic carbocycles. The highest BCUT2D eigenvalue weighted by Crippen LogP contribution is 2.25. The summed E-state index contributed by atoms with van der Waals surface area (Å²) < 4.78 is 73.0. The number of halogens is 6. The largest absolute Gasteiger partial charge is 0.479 e. The lowest BCUT2D eigenvalue weighted by Crippen LogP contribution is -2.34. The summed E-state index contributed by atoms with van der Waals surface area (Å²) in [6, 6.07) is 0.0312. The van der Waals surface area contributed by atoms with Gasteiger partial charge in [-0.25, -0.2) is 22.5 Å². The Bertz CT molecular complexity index is 840. The number of carbonyl (C=O) groups is 1. The van der Waals surface area contributed by atoms with Gasteiger partial charge in [-0.2, -0.15) is 9.37 Å². The number of aryl methyl sites for hydroxylation is 1. The van der Waals surface area contributed by atoms with Crippen LogP contribution in [0.2, 0.25) is 0 Å². The Morgan fingerprint density at radius 1 is 1.12 bits per heavy atom. The number of carbonyl (C=O) groups excluding carboxylic acids is 1. The summed E-state index contributed by atoms with van der Waals surface area (Å²) in [7, 11) is 1.10. The van der Waals surface area contributed by atoms with Gasteiger partial charge < -0.3 is 4.74 Å². The second kappa shape index (κ2) is 7.81. The number of anilines is 1. The van der Waals surface area contributed by atoms with Crippen LogP contribution in [-0.2, 0) is 11.3 Å². The van der Waals surface area contributed by atoms with E-state index in [2.05, 4.69) is 9.97 Å². The fourth-order valence-electron chi connectivity index (χ4n) is 2.04. The van der Waals surface area contributed by atoms with Crippen LogP contribution >= 0.6 is 11.6 Å². The Labute approximate surface area is 149 Å². The average Bonchev–Trinajstić information content (AvgIpc) is 2.62. The number of methoxy groups -OCH3 is 1. The van der Waals surface area contributed by atoms with Crippen molar-refractivity contribution in [1.29, 1.82) is 0 Å². The lowest BCUT2D eigenvalue weighted by Gasteiger charge is -2.21. The first kappa shape index (κ1) is 19.8. The fraction of sp³-hybridized carbons (Fsp3) is 0.267. The van der Waals surface area contributed by atoms with Crippen LogP contribution in [0.1, 0.15) is 11.3 Å². The van der Waals surface area contributed by atoms with E-state index in [1.165, 1.54) is 6.92 Å². The van der Waals surface area contributed by atoms with Crippen molar-refractivity contribution in [3.8, 4) is 5.88 Å². The topological polar surface area (TPSA) is 55.3 Å². The van der Waals surface area contributed by atoms with E-state index in [4.69, 9.17) is 16.3 Å². The van der Waals surface area contributed by atoms with E-state index in [1.807, 2.05) is 0 Å². The summed E-state index contributed by atoms with van der Waals surface area (Å²) >= 11 is 5.46. The maximum Gasteiger partial charge on any atom is 0.255 e. The Morgan fingerprint density at radius 3 is 2.19 bits per heavy atom. The van der Waals surface area contributed by atoms with Crippen LogP contribution in [-0.4, -0.2) is 28.9 Å². The lowest BCUT2D eigenvalue weighted by molar-refractivity contribution is -0.116. The molecular weight excluding hydrogens is 385 g/mol. The number of hydrogen-bond donors (Lipinski definition) is 0. The van der Waals surface area contributed by atoms with Gasteiger partial charge in [0.25, 0.3) is 5.88 Å². The van der Waals surface area contributed by atoms with Gasteiger partial charge in [0.2, 0.25) is 17.7 Å². The molecule has 5 nitrogen and oxygen atoms in total. The minimum absolute atomic E-state index is 0.0312. The van der Waals surface area contributed by atoms with Gasteiger partial charge in [0.15, 0.2) is 23.3 Å². The molecule has 0 aliphatic heterocycles. The molecule has 140 valence electrons. The van der Waals surface area contributed by atoms with Crippen LogP contribution in [0.5, 0.6) is 5.88 Å². The molecule has 0 N–H and O–H groups in total. The number of amides is 1. The fourth-order valence-corrected chi connectivity index (χ4v) is 2.18. The number of nitrogens with zero attached hydrogens (tertiary/aromatic N) is 3. The quantitative estimate of drug-likeness (QED) is 0.443. The summed E-state index contributed by atoms with van der Waals surface area (Å²) in [5, 5.41) is 0. The Balaban J connectivity index is 2.59. The van der Waals surface area contributed by atoms with Crippen LogP contribution in [0, 0.1) is 36.0 Å². The second-order valence-corrected chi connectivity index (χ2v) is 5.26. The standard InChI is InChI=1S/C15H11ClF5N3O2/c1-6-11(19)14(26-2)23-15(22-6)24(10(25)4-16)5-7-12(20)8(17)3-9(18)13(7)21/h3H,4-5H2,1-2H3. The molecule has 0 radical (unpaired) electrons. The monoisotopic (exact) mass is 395 g/mol. The highest BCUT2D eigenvalue weighted by molar-refractivity contribution is 6.29. The molecule has 0 fully saturated rings. The van der Waals surface area contributed by atoms with Crippen molar-refractivity contribution in [3.05, 3.63) is 46.4 Å². The number of aromatic nitrogens is 2. The minimum atomic E-state index is -1.69. The summed E-state index contributed by atoms with van der Waals surface area (Å²) in [4.78, 5) is 19.9.